The van der Waals surface area contributed by atoms with Gasteiger partial charge in [-0.05, 0) is 31.7 Å². The van der Waals surface area contributed by atoms with Crippen LogP contribution < -0.4 is 0 Å². The Kier molecular flexibility index (Phi) is 5.63. The van der Waals surface area contributed by atoms with Crippen molar-refractivity contribution in [3.8, 4) is 0 Å². The van der Waals surface area contributed by atoms with E-state index in [4.69, 9.17) is 0 Å². The summed E-state index contributed by atoms with van der Waals surface area (Å²) < 4.78 is 39.1. The highest BCUT2D eigenvalue weighted by Gasteiger charge is 2.34. The lowest BCUT2D eigenvalue weighted by atomic mass is 10.0. The maximum Gasteiger partial charge on any atom is 0.435 e. The summed E-state index contributed by atoms with van der Waals surface area (Å²) in [7, 11) is 0. The van der Waals surface area contributed by atoms with Crippen LogP contribution in [0.2, 0.25) is 0 Å². The van der Waals surface area contributed by atoms with Crippen molar-refractivity contribution in [3.63, 3.8) is 0 Å². The number of β-amino-alcohol motifs (C(OH)–C–C–N with tert-alkyl or cyclic N) is 1. The van der Waals surface area contributed by atoms with E-state index in [0.717, 1.165) is 38.4 Å². The highest BCUT2D eigenvalue weighted by molar-refractivity contribution is 5.04. The van der Waals surface area contributed by atoms with Crippen molar-refractivity contribution in [2.24, 2.45) is 0 Å². The Morgan fingerprint density at radius 3 is 2.64 bits per heavy atom. The lowest BCUT2D eigenvalue weighted by molar-refractivity contribution is -0.141. The third kappa shape index (κ3) is 4.58. The smallest absolute Gasteiger partial charge is 0.392 e. The van der Waals surface area contributed by atoms with Gasteiger partial charge < -0.3 is 10.0 Å². The molecular formula is C15H22F3N3O. The molecular weight excluding hydrogens is 295 g/mol. The fourth-order valence-corrected chi connectivity index (χ4v) is 2.76. The van der Waals surface area contributed by atoms with Crippen LogP contribution in [0.1, 0.15) is 37.4 Å². The molecule has 0 amide bonds. The number of aromatic nitrogens is 2. The number of alkyl halides is 3. The fraction of sp³-hybridized carbons (Fsp3) is 0.667. The molecule has 1 atom stereocenters. The van der Waals surface area contributed by atoms with Gasteiger partial charge in [-0.2, -0.15) is 18.3 Å². The Balaban J connectivity index is 1.82. The van der Waals surface area contributed by atoms with Crippen LogP contribution in [0, 0.1) is 0 Å². The molecule has 1 aromatic heterocycles. The van der Waals surface area contributed by atoms with Crippen LogP contribution >= 0.6 is 0 Å². The number of nitrogens with zero attached hydrogens (tertiary/aromatic N) is 3. The summed E-state index contributed by atoms with van der Waals surface area (Å²) in [5.74, 6) is 0. The van der Waals surface area contributed by atoms with Crippen molar-refractivity contribution in [2.45, 2.75) is 44.0 Å². The molecule has 0 aromatic carbocycles. The van der Waals surface area contributed by atoms with E-state index in [1.807, 2.05) is 0 Å². The summed E-state index contributed by atoms with van der Waals surface area (Å²) in [5, 5.41) is 13.5. The van der Waals surface area contributed by atoms with Crippen molar-refractivity contribution < 1.29 is 18.3 Å². The third-order valence-corrected chi connectivity index (χ3v) is 4.00. The summed E-state index contributed by atoms with van der Waals surface area (Å²) in [6, 6.07) is 1.02. The molecule has 0 aliphatic carbocycles. The Morgan fingerprint density at radius 1 is 1.41 bits per heavy atom. The lowest BCUT2D eigenvalue weighted by Gasteiger charge is -2.33. The maximum atomic E-state index is 12.6. The first-order valence-corrected chi connectivity index (χ1v) is 7.54. The molecule has 2 heterocycles. The highest BCUT2D eigenvalue weighted by atomic mass is 19.4. The van der Waals surface area contributed by atoms with Gasteiger partial charge in [-0.25, -0.2) is 0 Å². The highest BCUT2D eigenvalue weighted by Crippen LogP contribution is 2.29. The Morgan fingerprint density at radius 2 is 2.09 bits per heavy atom. The SMILES string of the molecule is C=CCCC(O)CN1CCC(n2ccc(C(F)(F)F)n2)CC1. The molecule has 124 valence electrons. The predicted molar refractivity (Wildman–Crippen MR) is 77.4 cm³/mol. The Hall–Kier alpha value is -1.34. The molecule has 1 N–H and O–H groups in total. The van der Waals surface area contributed by atoms with E-state index in [1.54, 1.807) is 6.08 Å². The topological polar surface area (TPSA) is 41.3 Å². The summed E-state index contributed by atoms with van der Waals surface area (Å²) in [4.78, 5) is 2.15. The van der Waals surface area contributed by atoms with E-state index >= 15 is 0 Å². The molecule has 0 bridgehead atoms. The van der Waals surface area contributed by atoms with Crippen LogP contribution in [-0.2, 0) is 6.18 Å². The fourth-order valence-electron chi connectivity index (χ4n) is 2.76. The van der Waals surface area contributed by atoms with Gasteiger partial charge in [0.1, 0.15) is 0 Å². The van der Waals surface area contributed by atoms with E-state index in [1.165, 1.54) is 10.9 Å². The predicted octanol–water partition coefficient (Wildman–Crippen LogP) is 2.87. The molecule has 1 unspecified atom stereocenters. The number of allylic oxidation sites excluding steroid dienone is 1. The monoisotopic (exact) mass is 317 g/mol. The summed E-state index contributed by atoms with van der Waals surface area (Å²) in [6.45, 7) is 5.75. The van der Waals surface area contributed by atoms with Gasteiger partial charge in [0.15, 0.2) is 5.69 Å². The summed E-state index contributed by atoms with van der Waals surface area (Å²) in [5.41, 5.74) is -0.838. The first kappa shape index (κ1) is 17.0. The first-order chi connectivity index (χ1) is 10.4. The molecule has 0 spiro atoms. The number of hydrogen-bond acceptors (Lipinski definition) is 3. The van der Waals surface area contributed by atoms with Crippen molar-refractivity contribution in [1.29, 1.82) is 0 Å². The zero-order valence-electron chi connectivity index (χ0n) is 12.5. The molecule has 22 heavy (non-hydrogen) atoms. The molecule has 2 rings (SSSR count). The Bertz CT molecular complexity index is 479. The van der Waals surface area contributed by atoms with Gasteiger partial charge in [0, 0.05) is 25.8 Å². The molecule has 1 aliphatic rings. The normalized spacial score (nSPS) is 19.3. The van der Waals surface area contributed by atoms with Gasteiger partial charge in [-0.1, -0.05) is 6.08 Å². The van der Waals surface area contributed by atoms with Crippen LogP contribution in [0.4, 0.5) is 13.2 Å². The van der Waals surface area contributed by atoms with Crippen LogP contribution in [0.15, 0.2) is 24.9 Å². The number of rotatable bonds is 6. The summed E-state index contributed by atoms with van der Waals surface area (Å²) >= 11 is 0. The van der Waals surface area contributed by atoms with E-state index in [2.05, 4.69) is 16.6 Å². The zero-order valence-corrected chi connectivity index (χ0v) is 12.5. The summed E-state index contributed by atoms with van der Waals surface area (Å²) in [6.07, 6.45) is 1.38. The van der Waals surface area contributed by atoms with Gasteiger partial charge in [0.25, 0.3) is 0 Å². The van der Waals surface area contributed by atoms with E-state index in [9.17, 15) is 18.3 Å². The molecule has 7 heteroatoms. The number of hydrogen-bond donors (Lipinski definition) is 1. The number of halogens is 3. The minimum absolute atomic E-state index is 0.00216. The second kappa shape index (κ2) is 7.28. The Labute approximate surface area is 128 Å². The van der Waals surface area contributed by atoms with E-state index < -0.39 is 11.9 Å². The van der Waals surface area contributed by atoms with Gasteiger partial charge in [0.05, 0.1) is 12.1 Å². The second-order valence-electron chi connectivity index (χ2n) is 5.73. The van der Waals surface area contributed by atoms with Gasteiger partial charge in [-0.15, -0.1) is 6.58 Å². The zero-order chi connectivity index (χ0) is 16.2. The van der Waals surface area contributed by atoms with Crippen LogP contribution in [0.25, 0.3) is 0 Å². The number of piperidine rings is 1. The van der Waals surface area contributed by atoms with Crippen molar-refractivity contribution >= 4 is 0 Å². The second-order valence-corrected chi connectivity index (χ2v) is 5.73. The van der Waals surface area contributed by atoms with Crippen molar-refractivity contribution in [1.82, 2.24) is 14.7 Å². The number of aliphatic hydroxyl groups excluding tert-OH is 1. The molecule has 1 fully saturated rings. The van der Waals surface area contributed by atoms with E-state index in [0.29, 0.717) is 13.0 Å². The molecule has 0 saturated carbocycles. The van der Waals surface area contributed by atoms with Gasteiger partial charge in [0.2, 0.25) is 0 Å². The third-order valence-electron chi connectivity index (χ3n) is 4.00. The van der Waals surface area contributed by atoms with Gasteiger partial charge >= 0.3 is 6.18 Å². The lowest BCUT2D eigenvalue weighted by Crippen LogP contribution is -2.39. The van der Waals surface area contributed by atoms with Crippen LogP contribution in [0.5, 0.6) is 0 Å². The quantitative estimate of drug-likeness (QED) is 0.820. The van der Waals surface area contributed by atoms with Crippen LogP contribution in [-0.4, -0.2) is 45.5 Å². The maximum absolute atomic E-state index is 12.6. The minimum Gasteiger partial charge on any atom is -0.392 e. The van der Waals surface area contributed by atoms with Crippen molar-refractivity contribution in [2.75, 3.05) is 19.6 Å². The average Bonchev–Trinajstić information content (AvgIpc) is 2.96. The van der Waals surface area contributed by atoms with Crippen LogP contribution in [0.3, 0.4) is 0 Å². The average molecular weight is 317 g/mol. The first-order valence-electron chi connectivity index (χ1n) is 7.54. The van der Waals surface area contributed by atoms with E-state index in [-0.39, 0.29) is 12.1 Å². The number of likely N-dealkylation sites (tertiary alicyclic amines) is 1. The molecule has 1 aliphatic heterocycles. The molecule has 0 radical (unpaired) electrons. The molecule has 4 nitrogen and oxygen atoms in total. The number of aliphatic hydroxyl groups is 1. The van der Waals surface area contributed by atoms with Gasteiger partial charge in [-0.3, -0.25) is 4.68 Å². The molecule has 1 saturated heterocycles. The largest absolute Gasteiger partial charge is 0.435 e. The molecule has 1 aromatic rings. The standard InChI is InChI=1S/C15H22F3N3O/c1-2-3-4-13(22)11-20-8-5-12(6-9-20)21-10-7-14(19-21)15(16,17)18/h2,7,10,12-13,22H,1,3-6,8-9,11H2. The minimum atomic E-state index is -4.39. The van der Waals surface area contributed by atoms with Crippen molar-refractivity contribution in [3.05, 3.63) is 30.6 Å².